The van der Waals surface area contributed by atoms with Crippen LogP contribution in [-0.4, -0.2) is 43.1 Å². The first-order chi connectivity index (χ1) is 13.3. The average molecular weight is 413 g/mol. The van der Waals surface area contributed by atoms with Gasteiger partial charge in [-0.05, 0) is 18.2 Å². The van der Waals surface area contributed by atoms with E-state index in [1.54, 1.807) is 0 Å². The molecule has 148 valence electrons. The van der Waals surface area contributed by atoms with Crippen LogP contribution in [0.1, 0.15) is 5.56 Å². The highest BCUT2D eigenvalue weighted by Gasteiger charge is 2.30. The highest BCUT2D eigenvalue weighted by atomic mass is 32.2. The van der Waals surface area contributed by atoms with Crippen LogP contribution in [0.5, 0.6) is 0 Å². The number of aliphatic hydroxyl groups is 1. The zero-order valence-electron chi connectivity index (χ0n) is 14.2. The molecule has 0 saturated heterocycles. The number of thioether (sulfide) groups is 1. The predicted molar refractivity (Wildman–Crippen MR) is 96.0 cm³/mol. The topological polar surface area (TPSA) is 113 Å². The van der Waals surface area contributed by atoms with Crippen molar-refractivity contribution in [2.24, 2.45) is 0 Å². The number of anilines is 1. The number of carbonyl (C=O) groups excluding carboxylic acids is 1. The summed E-state index contributed by atoms with van der Waals surface area (Å²) in [6.07, 6.45) is -3.18. The number of hydrogen-bond acceptors (Lipinski definition) is 6. The lowest BCUT2D eigenvalue weighted by atomic mass is 10.2. The molecule has 12 heteroatoms. The van der Waals surface area contributed by atoms with E-state index in [-0.39, 0.29) is 40.8 Å². The fourth-order valence-corrected chi connectivity index (χ4v) is 3.03. The molecule has 0 fully saturated rings. The third-order valence-electron chi connectivity index (χ3n) is 3.61. The molecule has 3 N–H and O–H groups in total. The first-order valence-electron chi connectivity index (χ1n) is 7.94. The number of aromatic nitrogens is 4. The molecule has 0 spiro atoms. The number of nitrogens with zero attached hydrogens (tertiary/aromatic N) is 3. The Balaban J connectivity index is 1.69. The molecule has 0 unspecified atom stereocenters. The molecule has 0 aliphatic heterocycles. The summed E-state index contributed by atoms with van der Waals surface area (Å²) in [7, 11) is 0. The van der Waals surface area contributed by atoms with E-state index in [0.29, 0.717) is 0 Å². The number of halogens is 3. The molecule has 1 amide bonds. The number of benzene rings is 1. The highest BCUT2D eigenvalue weighted by molar-refractivity contribution is 7.99. The molecule has 8 nitrogen and oxygen atoms in total. The van der Waals surface area contributed by atoms with Gasteiger partial charge >= 0.3 is 6.18 Å². The molecule has 0 aliphatic carbocycles. The monoisotopic (exact) mass is 413 g/mol. The van der Waals surface area contributed by atoms with E-state index in [9.17, 15) is 22.8 Å². The molecule has 2 aromatic heterocycles. The number of carbonyl (C=O) groups is 1. The molecule has 2 heterocycles. The fraction of sp³-hybridized carbons (Fsp3) is 0.250. The summed E-state index contributed by atoms with van der Waals surface area (Å²) in [5.74, 6) is -0.741. The number of aromatic amines is 1. The van der Waals surface area contributed by atoms with Gasteiger partial charge in [0.15, 0.2) is 10.8 Å². The van der Waals surface area contributed by atoms with Gasteiger partial charge in [-0.1, -0.05) is 17.8 Å². The van der Waals surface area contributed by atoms with Crippen LogP contribution < -0.4 is 10.9 Å². The van der Waals surface area contributed by atoms with Gasteiger partial charge in [-0.25, -0.2) is 9.67 Å². The summed E-state index contributed by atoms with van der Waals surface area (Å²) in [6, 6.07) is 4.28. The normalized spacial score (nSPS) is 11.7. The summed E-state index contributed by atoms with van der Waals surface area (Å²) in [6.45, 7) is -0.0345. The maximum Gasteiger partial charge on any atom is 0.416 e. The van der Waals surface area contributed by atoms with E-state index in [2.05, 4.69) is 20.4 Å². The lowest BCUT2D eigenvalue weighted by Gasteiger charge is -2.09. The minimum absolute atomic E-state index is 0.0124. The number of H-pyrrole nitrogens is 1. The Morgan fingerprint density at radius 3 is 2.86 bits per heavy atom. The van der Waals surface area contributed by atoms with Crippen LogP contribution >= 0.6 is 11.8 Å². The van der Waals surface area contributed by atoms with E-state index in [1.165, 1.54) is 23.0 Å². The smallest absolute Gasteiger partial charge is 0.394 e. The average Bonchev–Trinajstić information content (AvgIpc) is 3.03. The van der Waals surface area contributed by atoms with Gasteiger partial charge in [0.1, 0.15) is 5.39 Å². The predicted octanol–water partition coefficient (Wildman–Crippen LogP) is 1.86. The minimum Gasteiger partial charge on any atom is -0.394 e. The van der Waals surface area contributed by atoms with Gasteiger partial charge in [0.25, 0.3) is 5.56 Å². The Kier molecular flexibility index (Phi) is 5.70. The maximum atomic E-state index is 12.7. The molecule has 3 aromatic rings. The minimum atomic E-state index is -4.51. The summed E-state index contributed by atoms with van der Waals surface area (Å²) >= 11 is 0.912. The van der Waals surface area contributed by atoms with Gasteiger partial charge in [0, 0.05) is 5.69 Å². The first-order valence-corrected chi connectivity index (χ1v) is 8.93. The standard InChI is InChI=1S/C16H14F3N5O3S/c17-16(18,19)9-2-1-3-10(6-9)21-12(26)8-28-15-22-13-11(14(27)23-15)7-20-24(13)4-5-25/h1-3,6-7,25H,4-5,8H2,(H,21,26)(H,22,23,27). The van der Waals surface area contributed by atoms with Crippen LogP contribution in [0.2, 0.25) is 0 Å². The molecule has 1 aromatic carbocycles. The quantitative estimate of drug-likeness (QED) is 0.420. The lowest BCUT2D eigenvalue weighted by molar-refractivity contribution is -0.137. The van der Waals surface area contributed by atoms with E-state index < -0.39 is 23.2 Å². The number of amides is 1. The molecule has 0 saturated carbocycles. The second kappa shape index (κ2) is 8.02. The van der Waals surface area contributed by atoms with Crippen molar-refractivity contribution in [1.29, 1.82) is 0 Å². The first kappa shape index (κ1) is 19.9. The van der Waals surface area contributed by atoms with Gasteiger partial charge in [-0.2, -0.15) is 18.3 Å². The summed E-state index contributed by atoms with van der Waals surface area (Å²) in [5, 5.41) is 15.7. The Morgan fingerprint density at radius 2 is 2.14 bits per heavy atom. The molecule has 3 rings (SSSR count). The molecule has 0 bridgehead atoms. The number of aliphatic hydroxyl groups excluding tert-OH is 1. The molecular formula is C16H14F3N5O3S. The Morgan fingerprint density at radius 1 is 1.36 bits per heavy atom. The van der Waals surface area contributed by atoms with Crippen LogP contribution in [0.15, 0.2) is 40.4 Å². The number of alkyl halides is 3. The van der Waals surface area contributed by atoms with Crippen molar-refractivity contribution in [3.05, 3.63) is 46.4 Å². The Labute approximate surface area is 159 Å². The van der Waals surface area contributed by atoms with Crippen molar-refractivity contribution in [2.75, 3.05) is 17.7 Å². The lowest BCUT2D eigenvalue weighted by Crippen LogP contribution is -2.16. The number of fused-ring (bicyclic) bond motifs is 1. The van der Waals surface area contributed by atoms with Crippen molar-refractivity contribution in [1.82, 2.24) is 19.7 Å². The van der Waals surface area contributed by atoms with Crippen LogP contribution in [0.3, 0.4) is 0 Å². The molecule has 28 heavy (non-hydrogen) atoms. The third kappa shape index (κ3) is 4.51. The van der Waals surface area contributed by atoms with Crippen molar-refractivity contribution >= 4 is 34.4 Å². The second-order valence-corrected chi connectivity index (χ2v) is 6.58. The third-order valence-corrected chi connectivity index (χ3v) is 4.48. The maximum absolute atomic E-state index is 12.7. The van der Waals surface area contributed by atoms with Crippen molar-refractivity contribution in [3.8, 4) is 0 Å². The number of nitrogens with one attached hydrogen (secondary N) is 2. The van der Waals surface area contributed by atoms with Crippen molar-refractivity contribution in [3.63, 3.8) is 0 Å². The van der Waals surface area contributed by atoms with Gasteiger partial charge in [-0.3, -0.25) is 9.59 Å². The fourth-order valence-electron chi connectivity index (χ4n) is 2.38. The van der Waals surface area contributed by atoms with Gasteiger partial charge in [0.2, 0.25) is 5.91 Å². The summed E-state index contributed by atoms with van der Waals surface area (Å²) in [5.41, 5.74) is -1.04. The molecule has 0 radical (unpaired) electrons. The summed E-state index contributed by atoms with van der Waals surface area (Å²) < 4.78 is 39.5. The van der Waals surface area contributed by atoms with Crippen LogP contribution in [0.4, 0.5) is 18.9 Å². The zero-order chi connectivity index (χ0) is 20.3. The van der Waals surface area contributed by atoms with Crippen LogP contribution in [0.25, 0.3) is 11.0 Å². The van der Waals surface area contributed by atoms with E-state index in [0.717, 1.165) is 23.9 Å². The molecular weight excluding hydrogens is 399 g/mol. The number of hydrogen-bond donors (Lipinski definition) is 3. The van der Waals surface area contributed by atoms with Crippen molar-refractivity contribution < 1.29 is 23.1 Å². The second-order valence-electron chi connectivity index (χ2n) is 5.62. The molecule has 0 aliphatic rings. The molecule has 0 atom stereocenters. The van der Waals surface area contributed by atoms with Crippen LogP contribution in [-0.2, 0) is 17.5 Å². The largest absolute Gasteiger partial charge is 0.416 e. The Bertz CT molecular complexity index is 1060. The van der Waals surface area contributed by atoms with Gasteiger partial charge in [-0.15, -0.1) is 0 Å². The SMILES string of the molecule is O=C(CSc1nc2c(cnn2CCO)c(=O)[nH]1)Nc1cccc(C(F)(F)F)c1. The van der Waals surface area contributed by atoms with Crippen LogP contribution in [0, 0.1) is 0 Å². The van der Waals surface area contributed by atoms with Crippen molar-refractivity contribution in [2.45, 2.75) is 17.9 Å². The summed E-state index contributed by atoms with van der Waals surface area (Å²) in [4.78, 5) is 30.8. The zero-order valence-corrected chi connectivity index (χ0v) is 15.0. The van der Waals surface area contributed by atoms with Gasteiger partial charge in [0.05, 0.1) is 30.7 Å². The van der Waals surface area contributed by atoms with Gasteiger partial charge < -0.3 is 15.4 Å². The Hall–Kier alpha value is -2.86. The van der Waals surface area contributed by atoms with E-state index in [4.69, 9.17) is 5.11 Å². The highest BCUT2D eigenvalue weighted by Crippen LogP contribution is 2.30. The van der Waals surface area contributed by atoms with E-state index >= 15 is 0 Å². The number of rotatable bonds is 6. The van der Waals surface area contributed by atoms with E-state index in [1.807, 2.05) is 0 Å².